The molecule has 0 amide bonds. The third-order valence-electron chi connectivity index (χ3n) is 0. The molecule has 0 aliphatic heterocycles. The van der Waals surface area contributed by atoms with Crippen molar-refractivity contribution in [2.24, 2.45) is 0 Å². The van der Waals surface area contributed by atoms with Crippen LogP contribution in [0.3, 0.4) is 0 Å². The first-order chi connectivity index (χ1) is 4.00. The number of alkyl halides is 4. The van der Waals surface area contributed by atoms with Crippen LogP contribution in [-0.4, -0.2) is 75.3 Å². The van der Waals surface area contributed by atoms with E-state index in [0.717, 1.165) is 0 Å². The van der Waals surface area contributed by atoms with Crippen LogP contribution in [0.1, 0.15) is 0 Å². The Morgan fingerprint density at radius 3 is 1.00 bits per heavy atom. The summed E-state index contributed by atoms with van der Waals surface area (Å²) in [5, 5.41) is 0. The molecule has 0 bridgehead atoms. The SMILES string of the molecule is FC(F)(F)F.O=S(=O)(O)O.[KH]. The van der Waals surface area contributed by atoms with Gasteiger partial charge in [0.25, 0.3) is 0 Å². The van der Waals surface area contributed by atoms with E-state index in [2.05, 4.69) is 0 Å². The van der Waals surface area contributed by atoms with Crippen molar-refractivity contribution in [2.75, 3.05) is 0 Å². The van der Waals surface area contributed by atoms with E-state index in [1.165, 1.54) is 0 Å². The molecular formula is CH3F4KO4S. The molecule has 0 unspecified atom stereocenters. The average Bonchev–Trinajstić information content (AvgIpc) is 1.12. The molecule has 0 spiro atoms. The minimum atomic E-state index is -5.50. The topological polar surface area (TPSA) is 74.6 Å². The average molecular weight is 226 g/mol. The molecule has 0 aliphatic rings. The van der Waals surface area contributed by atoms with Crippen molar-refractivity contribution in [3.05, 3.63) is 0 Å². The van der Waals surface area contributed by atoms with Crippen LogP contribution in [0.4, 0.5) is 17.6 Å². The Morgan fingerprint density at radius 1 is 1.00 bits per heavy atom. The van der Waals surface area contributed by atoms with E-state index in [9.17, 15) is 17.6 Å². The van der Waals surface area contributed by atoms with Gasteiger partial charge in [0.05, 0.1) is 0 Å². The van der Waals surface area contributed by atoms with Gasteiger partial charge in [0.1, 0.15) is 0 Å². The van der Waals surface area contributed by atoms with Crippen molar-refractivity contribution in [3.8, 4) is 0 Å². The molecular weight excluding hydrogens is 223 g/mol. The summed E-state index contributed by atoms with van der Waals surface area (Å²) in [6.07, 6.45) is -5.50. The van der Waals surface area contributed by atoms with E-state index < -0.39 is 16.8 Å². The van der Waals surface area contributed by atoms with Crippen molar-refractivity contribution in [2.45, 2.75) is 6.43 Å². The first-order valence-electron chi connectivity index (χ1n) is 1.45. The molecule has 0 heterocycles. The summed E-state index contributed by atoms with van der Waals surface area (Å²) in [4.78, 5) is 0. The van der Waals surface area contributed by atoms with Gasteiger partial charge in [-0.2, -0.15) is 8.42 Å². The van der Waals surface area contributed by atoms with Gasteiger partial charge in [-0.15, -0.1) is 17.6 Å². The minimum absolute atomic E-state index is 0. The molecule has 0 radical (unpaired) electrons. The summed E-state index contributed by atoms with van der Waals surface area (Å²) >= 11 is 0. The third kappa shape index (κ3) is 635. The van der Waals surface area contributed by atoms with E-state index >= 15 is 0 Å². The molecule has 0 fully saturated rings. The van der Waals surface area contributed by atoms with E-state index in [1.54, 1.807) is 0 Å². The second-order valence-corrected chi connectivity index (χ2v) is 1.77. The molecule has 11 heavy (non-hydrogen) atoms. The molecule has 0 rings (SSSR count). The maximum atomic E-state index is 9.69. The number of hydrogen-bond acceptors (Lipinski definition) is 2. The van der Waals surface area contributed by atoms with Crippen molar-refractivity contribution in [1.82, 2.24) is 0 Å². The molecule has 0 aromatic carbocycles. The molecule has 0 aromatic heterocycles. The van der Waals surface area contributed by atoms with Crippen LogP contribution >= 0.6 is 0 Å². The molecule has 0 aliphatic carbocycles. The van der Waals surface area contributed by atoms with E-state index in [-0.39, 0.29) is 51.4 Å². The van der Waals surface area contributed by atoms with Crippen LogP contribution in [0.2, 0.25) is 0 Å². The standard InChI is InChI=1S/CF4.K.H2O4S.H/c2-1(3,4)5;;1-5(2,3)4;/h;;(H2,1,2,3,4);. The summed E-state index contributed by atoms with van der Waals surface area (Å²) in [6, 6.07) is 0. The predicted molar refractivity (Wildman–Crippen MR) is 28.5 cm³/mol. The summed E-state index contributed by atoms with van der Waals surface area (Å²) in [5.41, 5.74) is 0. The first-order valence-corrected chi connectivity index (χ1v) is 2.85. The Kier molecular flexibility index (Phi) is 11.0. The Morgan fingerprint density at radius 2 is 1.00 bits per heavy atom. The first kappa shape index (κ1) is 18.1. The molecule has 66 valence electrons. The van der Waals surface area contributed by atoms with E-state index in [4.69, 9.17) is 17.5 Å². The van der Waals surface area contributed by atoms with Gasteiger partial charge in [-0.3, -0.25) is 9.11 Å². The van der Waals surface area contributed by atoms with Crippen LogP contribution in [0, 0.1) is 0 Å². The van der Waals surface area contributed by atoms with Crippen molar-refractivity contribution < 1.29 is 35.1 Å². The van der Waals surface area contributed by atoms with Crippen LogP contribution in [-0.2, 0) is 10.4 Å². The Labute approximate surface area is 102 Å². The summed E-state index contributed by atoms with van der Waals surface area (Å²) in [5.74, 6) is 0. The molecule has 4 nitrogen and oxygen atoms in total. The van der Waals surface area contributed by atoms with Gasteiger partial charge >= 0.3 is 68.2 Å². The normalized spacial score (nSPS) is 10.7. The quantitative estimate of drug-likeness (QED) is 0.351. The van der Waals surface area contributed by atoms with Crippen molar-refractivity contribution in [1.29, 1.82) is 0 Å². The van der Waals surface area contributed by atoms with Gasteiger partial charge in [-0.25, -0.2) is 0 Å². The van der Waals surface area contributed by atoms with Crippen LogP contribution in [0.5, 0.6) is 0 Å². The summed E-state index contributed by atoms with van der Waals surface area (Å²) in [7, 11) is -4.67. The maximum absolute atomic E-state index is 9.69. The number of hydrogen-bond donors (Lipinski definition) is 2. The monoisotopic (exact) mass is 226 g/mol. The third-order valence-corrected chi connectivity index (χ3v) is 0. The number of halogens is 4. The second kappa shape index (κ2) is 6.71. The zero-order chi connectivity index (χ0) is 9.00. The summed E-state index contributed by atoms with van der Waals surface area (Å²) < 4.78 is 70.3. The van der Waals surface area contributed by atoms with Crippen molar-refractivity contribution in [3.63, 3.8) is 0 Å². The zero-order valence-corrected chi connectivity index (χ0v) is 4.95. The molecule has 0 atom stereocenters. The molecule has 10 heteroatoms. The zero-order valence-electron chi connectivity index (χ0n) is 4.13. The van der Waals surface area contributed by atoms with E-state index in [1.807, 2.05) is 0 Å². The summed E-state index contributed by atoms with van der Waals surface area (Å²) in [6.45, 7) is 0. The van der Waals surface area contributed by atoms with Crippen LogP contribution in [0.15, 0.2) is 0 Å². The molecule has 0 aromatic rings. The molecule has 0 saturated heterocycles. The van der Waals surface area contributed by atoms with Crippen molar-refractivity contribution >= 4 is 61.8 Å². The van der Waals surface area contributed by atoms with Crippen LogP contribution < -0.4 is 0 Å². The molecule has 2 N–H and O–H groups in total. The Hall–Kier alpha value is 1.23. The fraction of sp³-hybridized carbons (Fsp3) is 1.00. The van der Waals surface area contributed by atoms with Gasteiger partial charge in [0.15, 0.2) is 0 Å². The van der Waals surface area contributed by atoms with Gasteiger partial charge < -0.3 is 0 Å². The number of rotatable bonds is 0. The second-order valence-electron chi connectivity index (χ2n) is 0.876. The van der Waals surface area contributed by atoms with Gasteiger partial charge in [0, 0.05) is 0 Å². The predicted octanol–water partition coefficient (Wildman–Crippen LogP) is 0.174. The molecule has 0 saturated carbocycles. The Balaban J connectivity index is -0.000000107. The van der Waals surface area contributed by atoms with Gasteiger partial charge in [-0.1, -0.05) is 0 Å². The van der Waals surface area contributed by atoms with Gasteiger partial charge in [0.2, 0.25) is 0 Å². The van der Waals surface area contributed by atoms with Crippen LogP contribution in [0.25, 0.3) is 0 Å². The Bertz CT molecular complexity index is 157. The van der Waals surface area contributed by atoms with Gasteiger partial charge in [-0.05, 0) is 0 Å². The fourth-order valence-electron chi connectivity index (χ4n) is 0. The van der Waals surface area contributed by atoms with E-state index in [0.29, 0.717) is 0 Å². The fourth-order valence-corrected chi connectivity index (χ4v) is 0.